The first kappa shape index (κ1) is 16.8. The monoisotopic (exact) mass is 325 g/mol. The lowest BCUT2D eigenvalue weighted by atomic mass is 9.90. The number of nitrogens with zero attached hydrogens (tertiary/aromatic N) is 1. The van der Waals surface area contributed by atoms with Gasteiger partial charge in [-0.25, -0.2) is 4.39 Å². The third-order valence-electron chi connectivity index (χ3n) is 4.90. The van der Waals surface area contributed by atoms with E-state index in [1.54, 1.807) is 12.1 Å². The van der Waals surface area contributed by atoms with Gasteiger partial charge in [0.15, 0.2) is 5.78 Å². The Kier molecular flexibility index (Phi) is 5.76. The Labute approximate surface area is 143 Å². The Balaban J connectivity index is 1.41. The number of hydrogen-bond donors (Lipinski definition) is 0. The zero-order chi connectivity index (χ0) is 16.8. The van der Waals surface area contributed by atoms with E-state index in [0.29, 0.717) is 17.9 Å². The Hall–Kier alpha value is -2.00. The van der Waals surface area contributed by atoms with Crippen molar-refractivity contribution in [2.45, 2.75) is 32.2 Å². The fourth-order valence-corrected chi connectivity index (χ4v) is 3.39. The topological polar surface area (TPSA) is 20.3 Å². The summed E-state index contributed by atoms with van der Waals surface area (Å²) < 4.78 is 12.9. The predicted molar refractivity (Wildman–Crippen MR) is 94.4 cm³/mol. The van der Waals surface area contributed by atoms with Crippen LogP contribution in [0.5, 0.6) is 0 Å². The molecule has 3 rings (SSSR count). The molecular weight excluding hydrogens is 301 g/mol. The second-order valence-corrected chi connectivity index (χ2v) is 6.67. The number of likely N-dealkylation sites (tertiary alicyclic amines) is 1. The number of ketones is 1. The summed E-state index contributed by atoms with van der Waals surface area (Å²) in [5.41, 5.74) is 1.99. The highest BCUT2D eigenvalue weighted by atomic mass is 19.1. The van der Waals surface area contributed by atoms with E-state index in [1.807, 2.05) is 6.07 Å². The molecule has 0 amide bonds. The van der Waals surface area contributed by atoms with Crippen LogP contribution in [0.4, 0.5) is 4.39 Å². The number of benzene rings is 2. The van der Waals surface area contributed by atoms with Crippen LogP contribution in [0.3, 0.4) is 0 Å². The Bertz CT molecular complexity index is 645. The van der Waals surface area contributed by atoms with Crippen molar-refractivity contribution in [2.24, 2.45) is 5.92 Å². The van der Waals surface area contributed by atoms with E-state index in [1.165, 1.54) is 17.7 Å². The molecule has 1 heterocycles. The number of rotatable bonds is 6. The lowest BCUT2D eigenvalue weighted by Crippen LogP contribution is -2.33. The van der Waals surface area contributed by atoms with Crippen LogP contribution < -0.4 is 0 Å². The van der Waals surface area contributed by atoms with Crippen LogP contribution in [0, 0.1) is 11.7 Å². The predicted octanol–water partition coefficient (Wildman–Crippen LogP) is 4.70. The van der Waals surface area contributed by atoms with Crippen molar-refractivity contribution in [3.63, 3.8) is 0 Å². The number of hydrogen-bond acceptors (Lipinski definition) is 2. The van der Waals surface area contributed by atoms with E-state index in [9.17, 15) is 9.18 Å². The van der Waals surface area contributed by atoms with Crippen LogP contribution >= 0.6 is 0 Å². The van der Waals surface area contributed by atoms with E-state index in [2.05, 4.69) is 29.2 Å². The normalized spacial score (nSPS) is 16.2. The fourth-order valence-electron chi connectivity index (χ4n) is 3.39. The zero-order valence-corrected chi connectivity index (χ0v) is 14.0. The van der Waals surface area contributed by atoms with Gasteiger partial charge in [-0.1, -0.05) is 30.3 Å². The van der Waals surface area contributed by atoms with Gasteiger partial charge in [0.05, 0.1) is 0 Å². The van der Waals surface area contributed by atoms with Gasteiger partial charge in [-0.3, -0.25) is 9.69 Å². The molecule has 1 saturated heterocycles. The fraction of sp³-hybridized carbons (Fsp3) is 0.381. The summed E-state index contributed by atoms with van der Waals surface area (Å²) in [4.78, 5) is 14.7. The highest BCUT2D eigenvalue weighted by Crippen LogP contribution is 2.24. The summed E-state index contributed by atoms with van der Waals surface area (Å²) in [6.07, 6.45) is 3.82. The van der Waals surface area contributed by atoms with E-state index in [4.69, 9.17) is 0 Å². The highest BCUT2D eigenvalue weighted by Gasteiger charge is 2.20. The van der Waals surface area contributed by atoms with Gasteiger partial charge < -0.3 is 0 Å². The zero-order valence-electron chi connectivity index (χ0n) is 14.0. The van der Waals surface area contributed by atoms with Gasteiger partial charge in [0.25, 0.3) is 0 Å². The molecule has 24 heavy (non-hydrogen) atoms. The number of Topliss-reactive ketones (excluding diaryl/α,β-unsaturated/α-hetero) is 1. The molecule has 126 valence electrons. The summed E-state index contributed by atoms with van der Waals surface area (Å²) in [6, 6.07) is 16.5. The third-order valence-corrected chi connectivity index (χ3v) is 4.90. The summed E-state index contributed by atoms with van der Waals surface area (Å²) in [7, 11) is 0. The van der Waals surface area contributed by atoms with Gasteiger partial charge in [-0.05, 0) is 68.1 Å². The van der Waals surface area contributed by atoms with Crippen molar-refractivity contribution >= 4 is 5.78 Å². The maximum absolute atomic E-state index is 12.9. The Morgan fingerprint density at radius 2 is 1.67 bits per heavy atom. The second-order valence-electron chi connectivity index (χ2n) is 6.67. The maximum atomic E-state index is 12.9. The Morgan fingerprint density at radius 3 is 2.33 bits per heavy atom. The molecule has 0 aromatic heterocycles. The van der Waals surface area contributed by atoms with Crippen LogP contribution in [0.25, 0.3) is 0 Å². The first-order valence-electron chi connectivity index (χ1n) is 8.76. The third kappa shape index (κ3) is 4.75. The summed E-state index contributed by atoms with van der Waals surface area (Å²) in [5.74, 6) is 0.459. The van der Waals surface area contributed by atoms with Crippen LogP contribution in [0.15, 0.2) is 54.6 Å². The quantitative estimate of drug-likeness (QED) is 0.718. The molecule has 2 aromatic carbocycles. The average molecular weight is 325 g/mol. The molecule has 0 saturated carbocycles. The number of piperidine rings is 1. The van der Waals surface area contributed by atoms with Crippen LogP contribution in [0.2, 0.25) is 0 Å². The van der Waals surface area contributed by atoms with Crippen LogP contribution in [0.1, 0.15) is 41.6 Å². The van der Waals surface area contributed by atoms with Gasteiger partial charge in [-0.15, -0.1) is 0 Å². The second kappa shape index (κ2) is 8.20. The standard InChI is InChI=1S/C21H24FNO/c22-20-9-7-19(8-10-20)21(24)11-6-17-12-14-23(15-13-17)16-18-4-2-1-3-5-18/h1-5,7-10,17H,6,11-16H2. The molecule has 0 aliphatic carbocycles. The number of halogens is 1. The van der Waals surface area contributed by atoms with Crippen molar-refractivity contribution in [3.8, 4) is 0 Å². The minimum Gasteiger partial charge on any atom is -0.299 e. The van der Waals surface area contributed by atoms with Crippen LogP contribution in [-0.4, -0.2) is 23.8 Å². The molecule has 0 N–H and O–H groups in total. The largest absolute Gasteiger partial charge is 0.299 e. The molecule has 0 bridgehead atoms. The molecule has 0 unspecified atom stereocenters. The molecule has 0 radical (unpaired) electrons. The van der Waals surface area contributed by atoms with E-state index >= 15 is 0 Å². The average Bonchev–Trinajstić information content (AvgIpc) is 2.62. The lowest BCUT2D eigenvalue weighted by molar-refractivity contribution is 0.0961. The molecule has 1 fully saturated rings. The van der Waals surface area contributed by atoms with Gasteiger partial charge in [-0.2, -0.15) is 0 Å². The van der Waals surface area contributed by atoms with Gasteiger partial charge in [0.2, 0.25) is 0 Å². The molecular formula is C21H24FNO. The minimum atomic E-state index is -0.294. The highest BCUT2D eigenvalue weighted by molar-refractivity contribution is 5.95. The Morgan fingerprint density at radius 1 is 1.00 bits per heavy atom. The maximum Gasteiger partial charge on any atom is 0.162 e. The van der Waals surface area contributed by atoms with Crippen molar-refractivity contribution in [2.75, 3.05) is 13.1 Å². The first-order valence-corrected chi connectivity index (χ1v) is 8.76. The SMILES string of the molecule is O=C(CCC1CCN(Cc2ccccc2)CC1)c1ccc(F)cc1. The molecule has 2 nitrogen and oxygen atoms in total. The number of carbonyl (C=O) groups excluding carboxylic acids is 1. The van der Waals surface area contributed by atoms with Crippen molar-refractivity contribution in [1.82, 2.24) is 4.90 Å². The lowest BCUT2D eigenvalue weighted by Gasteiger charge is -2.32. The molecule has 3 heteroatoms. The van der Waals surface area contributed by atoms with Crippen LogP contribution in [-0.2, 0) is 6.54 Å². The minimum absolute atomic E-state index is 0.127. The molecule has 1 aliphatic rings. The van der Waals surface area contributed by atoms with Gasteiger partial charge in [0, 0.05) is 18.5 Å². The molecule has 0 spiro atoms. The van der Waals surface area contributed by atoms with E-state index < -0.39 is 0 Å². The first-order chi connectivity index (χ1) is 11.7. The summed E-state index contributed by atoms with van der Waals surface area (Å²) in [5, 5.41) is 0. The van der Waals surface area contributed by atoms with Crippen molar-refractivity contribution in [1.29, 1.82) is 0 Å². The van der Waals surface area contributed by atoms with Crippen molar-refractivity contribution in [3.05, 3.63) is 71.5 Å². The number of carbonyl (C=O) groups is 1. The van der Waals surface area contributed by atoms with Crippen molar-refractivity contribution < 1.29 is 9.18 Å². The summed E-state index contributed by atoms with van der Waals surface area (Å²) >= 11 is 0. The summed E-state index contributed by atoms with van der Waals surface area (Å²) in [6.45, 7) is 3.22. The van der Waals surface area contributed by atoms with Gasteiger partial charge >= 0.3 is 0 Å². The van der Waals surface area contributed by atoms with E-state index in [0.717, 1.165) is 38.9 Å². The van der Waals surface area contributed by atoms with Gasteiger partial charge in [0.1, 0.15) is 5.82 Å². The molecule has 1 aliphatic heterocycles. The molecule has 2 aromatic rings. The van der Waals surface area contributed by atoms with E-state index in [-0.39, 0.29) is 11.6 Å². The molecule has 0 atom stereocenters. The smallest absolute Gasteiger partial charge is 0.162 e.